The number of H-pyrrole nitrogens is 1. The van der Waals surface area contributed by atoms with E-state index in [1.807, 2.05) is 7.05 Å². The number of hydrogen-bond acceptors (Lipinski definition) is 6. The average Bonchev–Trinajstić information content (AvgIpc) is 3.05. The largest absolute Gasteiger partial charge is 0.368 e. The third-order valence-electron chi connectivity index (χ3n) is 4.04. The molecule has 3 heterocycles. The molecule has 2 aromatic heterocycles. The Morgan fingerprint density at radius 2 is 2.35 bits per heavy atom. The lowest BCUT2D eigenvalue weighted by Crippen LogP contribution is -2.39. The van der Waals surface area contributed by atoms with Crippen LogP contribution in [0.2, 0.25) is 0 Å². The van der Waals surface area contributed by atoms with E-state index in [0.29, 0.717) is 11.7 Å². The smallest absolute Gasteiger partial charge is 0.224 e. The number of aromatic amines is 1. The van der Waals surface area contributed by atoms with E-state index in [2.05, 4.69) is 36.7 Å². The van der Waals surface area contributed by atoms with E-state index >= 15 is 0 Å². The monoisotopic (exact) mass is 275 g/mol. The summed E-state index contributed by atoms with van der Waals surface area (Å²) in [5.74, 6) is 1.10. The Bertz CT molecular complexity index is 593. The van der Waals surface area contributed by atoms with E-state index in [4.69, 9.17) is 5.73 Å². The first kappa shape index (κ1) is 13.1. The summed E-state index contributed by atoms with van der Waals surface area (Å²) in [7, 11) is 2.05. The number of nitrogens with one attached hydrogen (secondary N) is 1. The molecule has 0 aliphatic carbocycles. The number of nitrogen functional groups attached to an aromatic ring is 1. The Morgan fingerprint density at radius 1 is 1.50 bits per heavy atom. The molecular weight excluding hydrogens is 254 g/mol. The van der Waals surface area contributed by atoms with Gasteiger partial charge in [-0.2, -0.15) is 9.97 Å². The summed E-state index contributed by atoms with van der Waals surface area (Å²) in [5, 5.41) is 0. The molecular formula is C13H21N7. The highest BCUT2D eigenvalue weighted by Gasteiger charge is 2.25. The Kier molecular flexibility index (Phi) is 3.43. The first-order chi connectivity index (χ1) is 9.69. The number of imidazole rings is 1. The van der Waals surface area contributed by atoms with Crippen LogP contribution in [0.4, 0.5) is 11.8 Å². The highest BCUT2D eigenvalue weighted by Crippen LogP contribution is 2.23. The molecule has 3 rings (SSSR count). The normalized spacial score (nSPS) is 19.8. The zero-order valence-corrected chi connectivity index (χ0v) is 12.0. The molecule has 0 radical (unpaired) electrons. The molecule has 7 nitrogen and oxygen atoms in total. The van der Waals surface area contributed by atoms with Crippen molar-refractivity contribution in [1.29, 1.82) is 0 Å². The van der Waals surface area contributed by atoms with Gasteiger partial charge in [-0.3, -0.25) is 4.90 Å². The predicted molar refractivity (Wildman–Crippen MR) is 79.6 cm³/mol. The van der Waals surface area contributed by atoms with Crippen LogP contribution in [0.15, 0.2) is 6.33 Å². The minimum absolute atomic E-state index is 0.269. The zero-order valence-electron chi connectivity index (χ0n) is 12.0. The Morgan fingerprint density at radius 3 is 3.15 bits per heavy atom. The second-order valence-corrected chi connectivity index (χ2v) is 5.31. The van der Waals surface area contributed by atoms with Crippen LogP contribution >= 0.6 is 0 Å². The molecule has 0 bridgehead atoms. The van der Waals surface area contributed by atoms with Gasteiger partial charge in [0, 0.05) is 19.6 Å². The van der Waals surface area contributed by atoms with Crippen LogP contribution in [0.25, 0.3) is 11.2 Å². The van der Waals surface area contributed by atoms with E-state index in [-0.39, 0.29) is 5.95 Å². The van der Waals surface area contributed by atoms with Crippen molar-refractivity contribution < 1.29 is 0 Å². The van der Waals surface area contributed by atoms with E-state index in [0.717, 1.165) is 24.4 Å². The summed E-state index contributed by atoms with van der Waals surface area (Å²) in [4.78, 5) is 20.4. The van der Waals surface area contributed by atoms with Crippen LogP contribution in [0.3, 0.4) is 0 Å². The van der Waals surface area contributed by atoms with Gasteiger partial charge in [0.05, 0.1) is 6.33 Å². The molecule has 1 aliphatic rings. The maximum Gasteiger partial charge on any atom is 0.224 e. The van der Waals surface area contributed by atoms with Gasteiger partial charge in [-0.25, -0.2) is 4.98 Å². The number of nitrogens with zero attached hydrogens (tertiary/aromatic N) is 5. The average molecular weight is 275 g/mol. The topological polar surface area (TPSA) is 87.0 Å². The molecule has 0 spiro atoms. The summed E-state index contributed by atoms with van der Waals surface area (Å²) < 4.78 is 0. The standard InChI is InChI=1S/C13H21N7/c1-3-20-6-4-5-9(20)7-19(2)12-10-11(16-8-15-10)17-13(14)18-12/h8-9H,3-7H2,1-2H3,(H3,14,15,16,17,18). The summed E-state index contributed by atoms with van der Waals surface area (Å²) in [6, 6.07) is 0.583. The fraction of sp³-hybridized carbons (Fsp3) is 0.615. The third-order valence-corrected chi connectivity index (χ3v) is 4.04. The first-order valence-corrected chi connectivity index (χ1v) is 7.10. The molecule has 1 unspecified atom stereocenters. The number of rotatable bonds is 4. The zero-order chi connectivity index (χ0) is 14.1. The quantitative estimate of drug-likeness (QED) is 0.860. The molecule has 2 aromatic rings. The molecule has 20 heavy (non-hydrogen) atoms. The molecule has 0 aromatic carbocycles. The fourth-order valence-corrected chi connectivity index (χ4v) is 3.03. The van der Waals surface area contributed by atoms with E-state index in [1.165, 1.54) is 19.4 Å². The summed E-state index contributed by atoms with van der Waals surface area (Å²) in [5.41, 5.74) is 7.24. The lowest BCUT2D eigenvalue weighted by Gasteiger charge is -2.28. The summed E-state index contributed by atoms with van der Waals surface area (Å²) in [6.45, 7) is 5.46. The van der Waals surface area contributed by atoms with Gasteiger partial charge < -0.3 is 15.6 Å². The minimum Gasteiger partial charge on any atom is -0.368 e. The number of anilines is 2. The summed E-state index contributed by atoms with van der Waals surface area (Å²) >= 11 is 0. The number of aromatic nitrogens is 4. The fourth-order valence-electron chi connectivity index (χ4n) is 3.03. The number of likely N-dealkylation sites (tertiary alicyclic amines) is 1. The van der Waals surface area contributed by atoms with E-state index < -0.39 is 0 Å². The Balaban J connectivity index is 1.85. The van der Waals surface area contributed by atoms with Crippen LogP contribution in [-0.2, 0) is 0 Å². The highest BCUT2D eigenvalue weighted by atomic mass is 15.3. The van der Waals surface area contributed by atoms with Crippen LogP contribution in [0.1, 0.15) is 19.8 Å². The number of likely N-dealkylation sites (N-methyl/N-ethyl adjacent to an activating group) is 2. The maximum atomic E-state index is 5.77. The number of hydrogen-bond donors (Lipinski definition) is 2. The predicted octanol–water partition coefficient (Wildman–Crippen LogP) is 0.856. The van der Waals surface area contributed by atoms with Gasteiger partial charge in [0.15, 0.2) is 11.5 Å². The first-order valence-electron chi connectivity index (χ1n) is 7.10. The van der Waals surface area contributed by atoms with Crippen molar-refractivity contribution in [1.82, 2.24) is 24.8 Å². The molecule has 1 fully saturated rings. The van der Waals surface area contributed by atoms with Gasteiger partial charge in [0.25, 0.3) is 0 Å². The SMILES string of the molecule is CCN1CCCC1CN(C)c1nc(N)nc2nc[nH]c12. The van der Waals surface area contributed by atoms with Crippen molar-refractivity contribution in [2.75, 3.05) is 37.3 Å². The molecule has 0 saturated carbocycles. The summed E-state index contributed by atoms with van der Waals surface area (Å²) in [6.07, 6.45) is 4.15. The van der Waals surface area contributed by atoms with Crippen molar-refractivity contribution >= 4 is 22.9 Å². The molecule has 3 N–H and O–H groups in total. The van der Waals surface area contributed by atoms with Gasteiger partial charge in [0.1, 0.15) is 5.52 Å². The molecule has 1 atom stereocenters. The Labute approximate surface area is 118 Å². The van der Waals surface area contributed by atoms with Crippen LogP contribution in [-0.4, -0.2) is 57.6 Å². The molecule has 0 amide bonds. The molecule has 1 aliphatic heterocycles. The van der Waals surface area contributed by atoms with E-state index in [9.17, 15) is 0 Å². The van der Waals surface area contributed by atoms with Crippen LogP contribution < -0.4 is 10.6 Å². The maximum absolute atomic E-state index is 5.77. The van der Waals surface area contributed by atoms with Crippen molar-refractivity contribution in [3.8, 4) is 0 Å². The lowest BCUT2D eigenvalue weighted by molar-refractivity contribution is 0.270. The van der Waals surface area contributed by atoms with Crippen molar-refractivity contribution in [2.24, 2.45) is 0 Å². The van der Waals surface area contributed by atoms with Crippen molar-refractivity contribution in [3.63, 3.8) is 0 Å². The van der Waals surface area contributed by atoms with Gasteiger partial charge in [0.2, 0.25) is 5.95 Å². The van der Waals surface area contributed by atoms with E-state index in [1.54, 1.807) is 6.33 Å². The second-order valence-electron chi connectivity index (χ2n) is 5.31. The molecule has 108 valence electrons. The van der Waals surface area contributed by atoms with Gasteiger partial charge in [-0.15, -0.1) is 0 Å². The van der Waals surface area contributed by atoms with Crippen molar-refractivity contribution in [2.45, 2.75) is 25.8 Å². The van der Waals surface area contributed by atoms with Crippen molar-refractivity contribution in [3.05, 3.63) is 6.33 Å². The Hall–Kier alpha value is -1.89. The number of fused-ring (bicyclic) bond motifs is 1. The van der Waals surface area contributed by atoms with Gasteiger partial charge >= 0.3 is 0 Å². The van der Waals surface area contributed by atoms with Gasteiger partial charge in [-0.1, -0.05) is 6.92 Å². The van der Waals surface area contributed by atoms with Crippen LogP contribution in [0, 0.1) is 0 Å². The second kappa shape index (κ2) is 5.24. The molecule has 7 heteroatoms. The lowest BCUT2D eigenvalue weighted by atomic mass is 10.2. The number of nitrogens with two attached hydrogens (primary N) is 1. The molecule has 1 saturated heterocycles. The van der Waals surface area contributed by atoms with Crippen LogP contribution in [0.5, 0.6) is 0 Å². The third kappa shape index (κ3) is 2.29. The minimum atomic E-state index is 0.269. The van der Waals surface area contributed by atoms with Gasteiger partial charge in [-0.05, 0) is 25.9 Å². The highest BCUT2D eigenvalue weighted by molar-refractivity contribution is 5.83.